The van der Waals surface area contributed by atoms with Crippen molar-refractivity contribution in [3.63, 3.8) is 0 Å². The molecule has 1 aliphatic carbocycles. The largest absolute Gasteiger partial charge is 0.385 e. The van der Waals surface area contributed by atoms with E-state index in [0.29, 0.717) is 28.8 Å². The molecule has 0 amide bonds. The predicted molar refractivity (Wildman–Crippen MR) is 117 cm³/mol. The average Bonchev–Trinajstić information content (AvgIpc) is 3.41. The molecule has 1 N–H and O–H groups in total. The number of hydrogen-bond donors (Lipinski definition) is 1. The molecule has 3 heterocycles. The lowest BCUT2D eigenvalue weighted by atomic mass is 10.0. The Kier molecular flexibility index (Phi) is 3.79. The van der Waals surface area contributed by atoms with E-state index in [1.165, 1.54) is 41.1 Å². The van der Waals surface area contributed by atoms with Crippen LogP contribution in [0.1, 0.15) is 35.2 Å². The molecule has 0 bridgehead atoms. The molecule has 2 aromatic carbocycles. The van der Waals surface area contributed by atoms with Gasteiger partial charge in [0.15, 0.2) is 5.82 Å². The van der Waals surface area contributed by atoms with Gasteiger partial charge in [0.2, 0.25) is 0 Å². The summed E-state index contributed by atoms with van der Waals surface area (Å²) >= 11 is 0. The Labute approximate surface area is 173 Å². The molecule has 1 saturated carbocycles. The molecule has 0 atom stereocenters. The number of benzene rings is 2. The maximum Gasteiger partial charge on any atom is 0.157 e. The van der Waals surface area contributed by atoms with Crippen molar-refractivity contribution >= 4 is 33.9 Å². The Hall–Kier alpha value is -3.15. The fourth-order valence-electron chi connectivity index (χ4n) is 4.89. The fraction of sp³-hybridized carbons (Fsp3) is 0.333. The number of fused-ring (bicyclic) bond motifs is 4. The number of imidazole rings is 1. The molecule has 2 aromatic heterocycles. The minimum atomic E-state index is -0.415. The Bertz CT molecular complexity index is 1330. The number of carbonyl (C=O) groups is 1. The lowest BCUT2D eigenvalue weighted by molar-refractivity contribution is 0.112. The summed E-state index contributed by atoms with van der Waals surface area (Å²) in [7, 11) is 1.85. The Balaban J connectivity index is 1.63. The highest BCUT2D eigenvalue weighted by atomic mass is 19.1. The molecular formula is C24H23FN4O. The summed E-state index contributed by atoms with van der Waals surface area (Å²) in [5.41, 5.74) is 6.15. The lowest BCUT2D eigenvalue weighted by Crippen LogP contribution is -2.13. The summed E-state index contributed by atoms with van der Waals surface area (Å²) in [6.07, 6.45) is 5.37. The Morgan fingerprint density at radius 3 is 2.90 bits per heavy atom. The highest BCUT2D eigenvalue weighted by Gasteiger charge is 2.27. The maximum absolute atomic E-state index is 14.7. The van der Waals surface area contributed by atoms with Crippen molar-refractivity contribution in [2.24, 2.45) is 13.0 Å². The van der Waals surface area contributed by atoms with Gasteiger partial charge in [-0.3, -0.25) is 4.79 Å². The molecule has 6 rings (SSSR count). The Morgan fingerprint density at radius 1 is 1.23 bits per heavy atom. The third kappa shape index (κ3) is 2.59. The number of aryl methyl sites for hydroxylation is 2. The molecule has 5 nitrogen and oxygen atoms in total. The molecule has 152 valence electrons. The number of hydrogen-bond acceptors (Lipinski definition) is 3. The Morgan fingerprint density at radius 2 is 2.10 bits per heavy atom. The fourth-order valence-corrected chi connectivity index (χ4v) is 4.89. The van der Waals surface area contributed by atoms with Crippen LogP contribution >= 0.6 is 0 Å². The van der Waals surface area contributed by atoms with Gasteiger partial charge < -0.3 is 14.5 Å². The first-order valence-corrected chi connectivity index (χ1v) is 10.6. The van der Waals surface area contributed by atoms with Gasteiger partial charge in [-0.15, -0.1) is 0 Å². The number of carbonyl (C=O) groups excluding carboxylic acids is 1. The smallest absolute Gasteiger partial charge is 0.157 e. The quantitative estimate of drug-likeness (QED) is 0.493. The summed E-state index contributed by atoms with van der Waals surface area (Å²) in [6.45, 7) is 1.97. The van der Waals surface area contributed by atoms with Crippen LogP contribution in [-0.2, 0) is 20.0 Å². The first kappa shape index (κ1) is 17.7. The molecule has 1 aliphatic heterocycles. The van der Waals surface area contributed by atoms with E-state index in [4.69, 9.17) is 4.98 Å². The number of aromatic nitrogens is 3. The summed E-state index contributed by atoms with van der Waals surface area (Å²) in [5, 5.41) is 4.74. The number of anilines is 1. The van der Waals surface area contributed by atoms with Gasteiger partial charge in [-0.2, -0.15) is 0 Å². The molecule has 30 heavy (non-hydrogen) atoms. The summed E-state index contributed by atoms with van der Waals surface area (Å²) in [6, 6.07) is 9.48. The normalized spacial score (nSPS) is 16.1. The second kappa shape index (κ2) is 6.42. The van der Waals surface area contributed by atoms with E-state index in [0.717, 1.165) is 37.4 Å². The van der Waals surface area contributed by atoms with Crippen LogP contribution in [0.2, 0.25) is 0 Å². The van der Waals surface area contributed by atoms with Gasteiger partial charge in [-0.1, -0.05) is 6.07 Å². The van der Waals surface area contributed by atoms with E-state index in [-0.39, 0.29) is 0 Å². The summed E-state index contributed by atoms with van der Waals surface area (Å²) in [5.74, 6) is 1.02. The van der Waals surface area contributed by atoms with Crippen molar-refractivity contribution in [3.05, 3.63) is 47.3 Å². The number of rotatable bonds is 4. The SMILES string of the molecule is Cn1c(-c2cc3ccc4c(c3n2CC2CC2)CCCN4)nc2cc(C=O)cc(F)c21. The minimum absolute atomic E-state index is 0.309. The van der Waals surface area contributed by atoms with Crippen molar-refractivity contribution in [3.8, 4) is 11.5 Å². The van der Waals surface area contributed by atoms with Gasteiger partial charge in [0.05, 0.1) is 16.7 Å². The molecule has 0 unspecified atom stereocenters. The molecule has 0 spiro atoms. The van der Waals surface area contributed by atoms with Crippen molar-refractivity contribution in [2.75, 3.05) is 11.9 Å². The van der Waals surface area contributed by atoms with Gasteiger partial charge in [0, 0.05) is 36.8 Å². The molecule has 2 aliphatic rings. The predicted octanol–water partition coefficient (Wildman–Crippen LogP) is 4.91. The van der Waals surface area contributed by atoms with Crippen LogP contribution in [0.4, 0.5) is 10.1 Å². The lowest BCUT2D eigenvalue weighted by Gasteiger charge is -2.21. The molecule has 4 aromatic rings. The van der Waals surface area contributed by atoms with Crippen LogP contribution in [0.5, 0.6) is 0 Å². The average molecular weight is 402 g/mol. The zero-order chi connectivity index (χ0) is 20.4. The van der Waals surface area contributed by atoms with Crippen molar-refractivity contribution in [1.82, 2.24) is 14.1 Å². The minimum Gasteiger partial charge on any atom is -0.385 e. The molecule has 6 heteroatoms. The summed E-state index contributed by atoms with van der Waals surface area (Å²) < 4.78 is 19.0. The van der Waals surface area contributed by atoms with E-state index in [1.807, 2.05) is 11.6 Å². The van der Waals surface area contributed by atoms with Gasteiger partial charge in [0.25, 0.3) is 0 Å². The molecule has 1 fully saturated rings. The standard InChI is InChI=1S/C24H23FN4O/c1-28-23-18(25)9-15(13-30)10-20(23)27-24(28)21-11-16-6-7-19-17(3-2-8-26-19)22(16)29(21)12-14-4-5-14/h6-7,9-11,13-14,26H,2-5,8,12H2,1H3. The number of nitrogens with one attached hydrogen (secondary N) is 1. The van der Waals surface area contributed by atoms with Crippen LogP contribution in [0.15, 0.2) is 30.3 Å². The van der Waals surface area contributed by atoms with E-state index in [9.17, 15) is 9.18 Å². The van der Waals surface area contributed by atoms with E-state index in [1.54, 1.807) is 6.07 Å². The monoisotopic (exact) mass is 402 g/mol. The first-order chi connectivity index (χ1) is 14.6. The highest BCUT2D eigenvalue weighted by Crippen LogP contribution is 2.40. The number of nitrogens with zero attached hydrogens (tertiary/aromatic N) is 3. The van der Waals surface area contributed by atoms with Gasteiger partial charge in [0.1, 0.15) is 17.6 Å². The number of halogens is 1. The molecule has 0 saturated heterocycles. The third-order valence-electron chi connectivity index (χ3n) is 6.53. The van der Waals surface area contributed by atoms with Gasteiger partial charge in [-0.25, -0.2) is 9.37 Å². The zero-order valence-electron chi connectivity index (χ0n) is 16.9. The second-order valence-corrected chi connectivity index (χ2v) is 8.63. The topological polar surface area (TPSA) is 51.9 Å². The maximum atomic E-state index is 14.7. The second-order valence-electron chi connectivity index (χ2n) is 8.63. The van der Waals surface area contributed by atoms with Crippen LogP contribution in [0.25, 0.3) is 33.5 Å². The van der Waals surface area contributed by atoms with Crippen molar-refractivity contribution < 1.29 is 9.18 Å². The van der Waals surface area contributed by atoms with Crippen LogP contribution < -0.4 is 5.32 Å². The molecular weight excluding hydrogens is 379 g/mol. The van der Waals surface area contributed by atoms with E-state index < -0.39 is 5.82 Å². The number of aldehydes is 1. The third-order valence-corrected chi connectivity index (χ3v) is 6.53. The van der Waals surface area contributed by atoms with Crippen LogP contribution in [0.3, 0.4) is 0 Å². The highest BCUT2D eigenvalue weighted by molar-refractivity contribution is 5.94. The van der Waals surface area contributed by atoms with E-state index in [2.05, 4.69) is 28.1 Å². The van der Waals surface area contributed by atoms with Crippen molar-refractivity contribution in [2.45, 2.75) is 32.2 Å². The molecule has 0 radical (unpaired) electrons. The summed E-state index contributed by atoms with van der Waals surface area (Å²) in [4.78, 5) is 16.0. The van der Waals surface area contributed by atoms with Gasteiger partial charge >= 0.3 is 0 Å². The van der Waals surface area contributed by atoms with Crippen LogP contribution in [-0.4, -0.2) is 26.9 Å². The zero-order valence-corrected chi connectivity index (χ0v) is 16.9. The van der Waals surface area contributed by atoms with Gasteiger partial charge in [-0.05, 0) is 61.4 Å². The van der Waals surface area contributed by atoms with E-state index >= 15 is 0 Å². The van der Waals surface area contributed by atoms with Crippen LogP contribution in [0, 0.1) is 11.7 Å². The van der Waals surface area contributed by atoms with Crippen molar-refractivity contribution in [1.29, 1.82) is 0 Å². The first-order valence-electron chi connectivity index (χ1n) is 10.6.